The molecule has 1 N–H and O–H groups in total. The first-order valence-corrected chi connectivity index (χ1v) is 8.77. The number of carbonyl (C=O) groups is 1. The number of nitriles is 1. The molecule has 0 unspecified atom stereocenters. The molecule has 0 saturated heterocycles. The van der Waals surface area contributed by atoms with Crippen LogP contribution in [0, 0.1) is 18.3 Å². The highest BCUT2D eigenvalue weighted by atomic mass is 35.5. The van der Waals surface area contributed by atoms with Gasteiger partial charge in [-0.25, -0.2) is 0 Å². The topological polar surface area (TPSA) is 66.0 Å². The minimum atomic E-state index is -0.602. The van der Waals surface area contributed by atoms with E-state index in [2.05, 4.69) is 5.32 Å². The number of hydrogen-bond donors (Lipinski definition) is 1. The average molecular weight is 397 g/mol. The number of hydrogen-bond acceptors (Lipinski definition) is 3. The molecule has 1 heterocycles. The van der Waals surface area contributed by atoms with Gasteiger partial charge in [0, 0.05) is 11.6 Å². The molecule has 0 radical (unpaired) electrons. The van der Waals surface area contributed by atoms with Gasteiger partial charge in [-0.1, -0.05) is 59.1 Å². The van der Waals surface area contributed by atoms with Crippen molar-refractivity contribution in [3.63, 3.8) is 0 Å². The first-order chi connectivity index (χ1) is 13.0. The molecule has 3 rings (SSSR count). The largest absolute Gasteiger partial charge is 0.457 e. The molecule has 1 amide bonds. The van der Waals surface area contributed by atoms with Crippen LogP contribution >= 0.6 is 23.2 Å². The highest BCUT2D eigenvalue weighted by Crippen LogP contribution is 2.30. The van der Waals surface area contributed by atoms with Gasteiger partial charge in [0.2, 0.25) is 0 Å². The van der Waals surface area contributed by atoms with Crippen LogP contribution < -0.4 is 5.32 Å². The summed E-state index contributed by atoms with van der Waals surface area (Å²) < 4.78 is 5.73. The van der Waals surface area contributed by atoms with Crippen LogP contribution in [-0.4, -0.2) is 5.91 Å². The first kappa shape index (κ1) is 18.8. The summed E-state index contributed by atoms with van der Waals surface area (Å²) in [4.78, 5) is 12.4. The molecular weight excluding hydrogens is 383 g/mol. The molecule has 0 aliphatic rings. The maximum atomic E-state index is 12.4. The lowest BCUT2D eigenvalue weighted by Crippen LogP contribution is -2.13. The summed E-state index contributed by atoms with van der Waals surface area (Å²) in [6.45, 7) is 2.00. The van der Waals surface area contributed by atoms with Crippen LogP contribution in [0.15, 0.2) is 64.6 Å². The zero-order valence-electron chi connectivity index (χ0n) is 14.3. The van der Waals surface area contributed by atoms with E-state index in [1.165, 1.54) is 6.08 Å². The fraction of sp³-hybridized carbons (Fsp3) is 0.0476. The second-order valence-electron chi connectivity index (χ2n) is 5.79. The normalized spacial score (nSPS) is 11.1. The van der Waals surface area contributed by atoms with E-state index in [9.17, 15) is 10.1 Å². The Labute approximate surface area is 166 Å². The smallest absolute Gasteiger partial charge is 0.266 e. The molecule has 0 saturated carbocycles. The maximum Gasteiger partial charge on any atom is 0.266 e. The number of aryl methyl sites for hydroxylation is 1. The Hall–Kier alpha value is -3.00. The van der Waals surface area contributed by atoms with Crippen LogP contribution in [0.4, 0.5) is 5.69 Å². The van der Waals surface area contributed by atoms with Crippen molar-refractivity contribution in [1.29, 1.82) is 5.26 Å². The molecule has 3 aromatic rings. The summed E-state index contributed by atoms with van der Waals surface area (Å²) >= 11 is 12.0. The standard InChI is InChI=1S/C21H14Cl2N2O2/c1-13-5-7-14(8-6-13)19-10-9-16(27-19)11-15(12-24)21(26)25-18-4-2-3-17(22)20(18)23/h2-11H,1H3,(H,25,26)/b15-11+. The number of nitrogens with one attached hydrogen (secondary N) is 1. The van der Waals surface area contributed by atoms with Gasteiger partial charge in [-0.2, -0.15) is 5.26 Å². The van der Waals surface area contributed by atoms with Gasteiger partial charge in [0.25, 0.3) is 5.91 Å². The molecule has 4 nitrogen and oxygen atoms in total. The van der Waals surface area contributed by atoms with Crippen LogP contribution in [0.25, 0.3) is 17.4 Å². The zero-order valence-corrected chi connectivity index (χ0v) is 15.8. The van der Waals surface area contributed by atoms with Crippen molar-refractivity contribution in [2.45, 2.75) is 6.92 Å². The van der Waals surface area contributed by atoms with Gasteiger partial charge in [0.15, 0.2) is 0 Å². The number of carbonyl (C=O) groups excluding carboxylic acids is 1. The molecule has 134 valence electrons. The lowest BCUT2D eigenvalue weighted by Gasteiger charge is -2.07. The minimum absolute atomic E-state index is 0.115. The van der Waals surface area contributed by atoms with E-state index in [0.717, 1.165) is 11.1 Å². The van der Waals surface area contributed by atoms with E-state index >= 15 is 0 Å². The maximum absolute atomic E-state index is 12.4. The van der Waals surface area contributed by atoms with E-state index in [1.54, 1.807) is 30.3 Å². The Morgan fingerprint density at radius 2 is 1.85 bits per heavy atom. The summed E-state index contributed by atoms with van der Waals surface area (Å²) in [5.41, 5.74) is 2.27. The van der Waals surface area contributed by atoms with Crippen molar-refractivity contribution in [3.05, 3.63) is 81.5 Å². The SMILES string of the molecule is Cc1ccc(-c2ccc(/C=C(\C#N)C(=O)Nc3cccc(Cl)c3Cl)o2)cc1. The fourth-order valence-corrected chi connectivity index (χ4v) is 2.73. The number of nitrogens with zero attached hydrogens (tertiary/aromatic N) is 1. The lowest BCUT2D eigenvalue weighted by molar-refractivity contribution is -0.112. The Morgan fingerprint density at radius 1 is 1.11 bits per heavy atom. The molecule has 0 bridgehead atoms. The monoisotopic (exact) mass is 396 g/mol. The van der Waals surface area contributed by atoms with Crippen LogP contribution in [-0.2, 0) is 4.79 Å². The molecular formula is C21H14Cl2N2O2. The van der Waals surface area contributed by atoms with Crippen LogP contribution in [0.5, 0.6) is 0 Å². The Kier molecular flexibility index (Phi) is 5.66. The Morgan fingerprint density at radius 3 is 2.56 bits per heavy atom. The zero-order chi connectivity index (χ0) is 19.4. The predicted molar refractivity (Wildman–Crippen MR) is 108 cm³/mol. The summed E-state index contributed by atoms with van der Waals surface area (Å²) in [5, 5.41) is 12.4. The second-order valence-corrected chi connectivity index (χ2v) is 6.58. The summed E-state index contributed by atoms with van der Waals surface area (Å²) in [6.07, 6.45) is 1.38. The van der Waals surface area contributed by atoms with Crippen molar-refractivity contribution >= 4 is 40.9 Å². The molecule has 0 spiro atoms. The summed E-state index contributed by atoms with van der Waals surface area (Å²) in [7, 11) is 0. The van der Waals surface area contributed by atoms with E-state index in [4.69, 9.17) is 27.6 Å². The van der Waals surface area contributed by atoms with Gasteiger partial charge in [-0.15, -0.1) is 0 Å². The van der Waals surface area contributed by atoms with Crippen LogP contribution in [0.3, 0.4) is 0 Å². The number of benzene rings is 2. The van der Waals surface area contributed by atoms with E-state index in [1.807, 2.05) is 37.3 Å². The van der Waals surface area contributed by atoms with Gasteiger partial charge in [0.05, 0.1) is 15.7 Å². The van der Waals surface area contributed by atoms with Crippen molar-refractivity contribution in [1.82, 2.24) is 0 Å². The summed E-state index contributed by atoms with van der Waals surface area (Å²) in [6, 6.07) is 18.1. The molecule has 1 aromatic heterocycles. The van der Waals surface area contributed by atoms with Gasteiger partial charge < -0.3 is 9.73 Å². The Bertz CT molecular complexity index is 1060. The van der Waals surface area contributed by atoms with E-state index in [0.29, 0.717) is 22.2 Å². The second kappa shape index (κ2) is 8.13. The van der Waals surface area contributed by atoms with Crippen LogP contribution in [0.1, 0.15) is 11.3 Å². The predicted octanol–water partition coefficient (Wildman–Crippen LogP) is 6.11. The lowest BCUT2D eigenvalue weighted by atomic mass is 10.1. The van der Waals surface area contributed by atoms with Crippen molar-refractivity contribution < 1.29 is 9.21 Å². The van der Waals surface area contributed by atoms with Gasteiger partial charge in [-0.05, 0) is 31.2 Å². The van der Waals surface area contributed by atoms with Gasteiger partial charge >= 0.3 is 0 Å². The van der Waals surface area contributed by atoms with E-state index < -0.39 is 5.91 Å². The van der Waals surface area contributed by atoms with Crippen molar-refractivity contribution in [3.8, 4) is 17.4 Å². The number of furan rings is 1. The van der Waals surface area contributed by atoms with Crippen molar-refractivity contribution in [2.24, 2.45) is 0 Å². The number of anilines is 1. The summed E-state index contributed by atoms with van der Waals surface area (Å²) in [5.74, 6) is 0.446. The number of halogens is 2. The quantitative estimate of drug-likeness (QED) is 0.427. The van der Waals surface area contributed by atoms with Gasteiger partial charge in [-0.3, -0.25) is 4.79 Å². The minimum Gasteiger partial charge on any atom is -0.457 e. The molecule has 0 aliphatic heterocycles. The molecule has 27 heavy (non-hydrogen) atoms. The highest BCUT2D eigenvalue weighted by Gasteiger charge is 2.14. The third-order valence-corrected chi connectivity index (χ3v) is 4.63. The Balaban J connectivity index is 1.82. The average Bonchev–Trinajstić information content (AvgIpc) is 3.12. The molecule has 6 heteroatoms. The fourth-order valence-electron chi connectivity index (χ4n) is 2.38. The molecule has 0 atom stereocenters. The number of amides is 1. The number of rotatable bonds is 4. The molecule has 0 aliphatic carbocycles. The van der Waals surface area contributed by atoms with Crippen LogP contribution in [0.2, 0.25) is 10.0 Å². The third-order valence-electron chi connectivity index (χ3n) is 3.81. The third kappa shape index (κ3) is 4.40. The van der Waals surface area contributed by atoms with Gasteiger partial charge in [0.1, 0.15) is 23.2 Å². The van der Waals surface area contributed by atoms with Crippen molar-refractivity contribution in [2.75, 3.05) is 5.32 Å². The highest BCUT2D eigenvalue weighted by molar-refractivity contribution is 6.44. The molecule has 0 fully saturated rings. The first-order valence-electron chi connectivity index (χ1n) is 8.02. The van der Waals surface area contributed by atoms with E-state index in [-0.39, 0.29) is 10.6 Å². The molecule has 2 aromatic carbocycles.